The van der Waals surface area contributed by atoms with Gasteiger partial charge in [0.15, 0.2) is 0 Å². The van der Waals surface area contributed by atoms with Crippen LogP contribution >= 0.6 is 0 Å². The average Bonchev–Trinajstić information content (AvgIpc) is 3.17. The van der Waals surface area contributed by atoms with E-state index in [9.17, 15) is 4.39 Å². The third-order valence-electron chi connectivity index (χ3n) is 3.83. The second kappa shape index (κ2) is 4.93. The van der Waals surface area contributed by atoms with Crippen LogP contribution in [0, 0.1) is 19.7 Å². The van der Waals surface area contributed by atoms with E-state index in [1.54, 1.807) is 13.0 Å². The van der Waals surface area contributed by atoms with Crippen LogP contribution in [0.2, 0.25) is 0 Å². The number of aromatic nitrogens is 2. The largest absolute Gasteiger partial charge is 0.349 e. The van der Waals surface area contributed by atoms with E-state index < -0.39 is 0 Å². The zero-order valence-electron chi connectivity index (χ0n) is 12.2. The van der Waals surface area contributed by atoms with Crippen LogP contribution in [0.25, 0.3) is 0 Å². The molecule has 1 aliphatic rings. The number of imidazole rings is 1. The minimum Gasteiger partial charge on any atom is -0.349 e. The summed E-state index contributed by atoms with van der Waals surface area (Å²) >= 11 is 0. The van der Waals surface area contributed by atoms with Crippen LogP contribution in [0.3, 0.4) is 0 Å². The van der Waals surface area contributed by atoms with Crippen molar-refractivity contribution in [2.45, 2.75) is 45.7 Å². The van der Waals surface area contributed by atoms with Crippen molar-refractivity contribution in [1.82, 2.24) is 9.55 Å². The molecule has 1 heterocycles. The lowest BCUT2D eigenvalue weighted by Crippen LogP contribution is -2.11. The van der Waals surface area contributed by atoms with E-state index in [4.69, 9.17) is 0 Å². The van der Waals surface area contributed by atoms with E-state index >= 15 is 0 Å². The molecule has 0 saturated heterocycles. The van der Waals surface area contributed by atoms with Gasteiger partial charge in [0.25, 0.3) is 0 Å². The molecule has 1 aromatic carbocycles. The number of halogens is 1. The standard InChI is InChI=1S/C16H20FN3/c1-10-4-5-13(8-15(10)17)12(3)19-16-18-11(2)9-20(16)14-6-7-14/h4-5,8-9,12,14H,6-7H2,1-3H3,(H,18,19). The van der Waals surface area contributed by atoms with Gasteiger partial charge in [-0.25, -0.2) is 9.37 Å². The van der Waals surface area contributed by atoms with Gasteiger partial charge in [-0.15, -0.1) is 0 Å². The summed E-state index contributed by atoms with van der Waals surface area (Å²) in [5.74, 6) is 0.733. The maximum absolute atomic E-state index is 13.7. The highest BCUT2D eigenvalue weighted by Gasteiger charge is 2.26. The molecule has 1 aromatic heterocycles. The Morgan fingerprint density at radius 3 is 2.75 bits per heavy atom. The normalized spacial score (nSPS) is 16.2. The molecule has 106 valence electrons. The molecule has 3 nitrogen and oxygen atoms in total. The number of nitrogens with zero attached hydrogens (tertiary/aromatic N) is 2. The minimum absolute atomic E-state index is 0.0319. The summed E-state index contributed by atoms with van der Waals surface area (Å²) in [6.07, 6.45) is 4.53. The van der Waals surface area contributed by atoms with Crippen LogP contribution < -0.4 is 5.32 Å². The molecule has 0 bridgehead atoms. The van der Waals surface area contributed by atoms with Crippen LogP contribution in [-0.4, -0.2) is 9.55 Å². The fourth-order valence-corrected chi connectivity index (χ4v) is 2.41. The summed E-state index contributed by atoms with van der Waals surface area (Å²) in [4.78, 5) is 4.54. The van der Waals surface area contributed by atoms with Crippen LogP contribution in [0.4, 0.5) is 10.3 Å². The molecule has 0 radical (unpaired) electrons. The average molecular weight is 273 g/mol. The lowest BCUT2D eigenvalue weighted by molar-refractivity contribution is 0.614. The molecule has 2 aromatic rings. The second-order valence-corrected chi connectivity index (χ2v) is 5.72. The first-order chi connectivity index (χ1) is 9.54. The highest BCUT2D eigenvalue weighted by Crippen LogP contribution is 2.38. The predicted octanol–water partition coefficient (Wildman–Crippen LogP) is 4.15. The molecule has 1 unspecified atom stereocenters. The lowest BCUT2D eigenvalue weighted by atomic mass is 10.1. The SMILES string of the molecule is Cc1cn(C2CC2)c(NC(C)c2ccc(C)c(F)c2)n1. The topological polar surface area (TPSA) is 29.9 Å². The molecular formula is C16H20FN3. The van der Waals surface area contributed by atoms with Gasteiger partial charge in [0.1, 0.15) is 5.82 Å². The second-order valence-electron chi connectivity index (χ2n) is 5.72. The number of nitrogens with one attached hydrogen (secondary N) is 1. The summed E-state index contributed by atoms with van der Waals surface area (Å²) in [6, 6.07) is 6.00. The number of benzene rings is 1. The first-order valence-corrected chi connectivity index (χ1v) is 7.12. The summed E-state index contributed by atoms with van der Waals surface area (Å²) in [5, 5.41) is 3.40. The molecule has 1 saturated carbocycles. The number of aryl methyl sites for hydroxylation is 2. The monoisotopic (exact) mass is 273 g/mol. The molecule has 0 spiro atoms. The highest BCUT2D eigenvalue weighted by atomic mass is 19.1. The third-order valence-corrected chi connectivity index (χ3v) is 3.83. The van der Waals surface area contributed by atoms with Gasteiger partial charge in [-0.3, -0.25) is 0 Å². The van der Waals surface area contributed by atoms with Gasteiger partial charge >= 0.3 is 0 Å². The Balaban J connectivity index is 1.81. The van der Waals surface area contributed by atoms with Gasteiger partial charge in [-0.2, -0.15) is 0 Å². The quantitative estimate of drug-likeness (QED) is 0.907. The lowest BCUT2D eigenvalue weighted by Gasteiger charge is -2.16. The highest BCUT2D eigenvalue weighted by molar-refractivity contribution is 5.36. The Kier molecular flexibility index (Phi) is 3.24. The Labute approximate surface area is 118 Å². The van der Waals surface area contributed by atoms with Gasteiger partial charge in [-0.05, 0) is 50.8 Å². The van der Waals surface area contributed by atoms with Crippen molar-refractivity contribution in [3.05, 3.63) is 47.0 Å². The van der Waals surface area contributed by atoms with Crippen molar-refractivity contribution in [2.24, 2.45) is 0 Å². The summed E-state index contributed by atoms with van der Waals surface area (Å²) < 4.78 is 15.9. The van der Waals surface area contributed by atoms with Crippen molar-refractivity contribution < 1.29 is 4.39 Å². The van der Waals surface area contributed by atoms with Gasteiger partial charge in [0.2, 0.25) is 5.95 Å². The number of rotatable bonds is 4. The zero-order valence-corrected chi connectivity index (χ0v) is 12.2. The fourth-order valence-electron chi connectivity index (χ4n) is 2.41. The Bertz CT molecular complexity index is 629. The summed E-state index contributed by atoms with van der Waals surface area (Å²) in [7, 11) is 0. The number of hydrogen-bond donors (Lipinski definition) is 1. The molecular weight excluding hydrogens is 253 g/mol. The van der Waals surface area contributed by atoms with Crippen molar-refractivity contribution in [3.63, 3.8) is 0 Å². The van der Waals surface area contributed by atoms with Crippen LogP contribution in [0.15, 0.2) is 24.4 Å². The maximum Gasteiger partial charge on any atom is 0.203 e. The van der Waals surface area contributed by atoms with Crippen LogP contribution in [-0.2, 0) is 0 Å². The van der Waals surface area contributed by atoms with E-state index in [0.29, 0.717) is 11.6 Å². The zero-order chi connectivity index (χ0) is 14.3. The van der Waals surface area contributed by atoms with E-state index in [1.807, 2.05) is 26.0 Å². The smallest absolute Gasteiger partial charge is 0.203 e. The first-order valence-electron chi connectivity index (χ1n) is 7.12. The molecule has 1 N–H and O–H groups in total. The molecule has 4 heteroatoms. The van der Waals surface area contributed by atoms with Gasteiger partial charge in [0, 0.05) is 12.2 Å². The summed E-state index contributed by atoms with van der Waals surface area (Å²) in [5.41, 5.74) is 2.63. The van der Waals surface area contributed by atoms with Crippen molar-refractivity contribution in [2.75, 3.05) is 5.32 Å². The molecule has 3 rings (SSSR count). The first kappa shape index (κ1) is 13.2. The molecule has 1 fully saturated rings. The fraction of sp³-hybridized carbons (Fsp3) is 0.438. The molecule has 20 heavy (non-hydrogen) atoms. The van der Waals surface area contributed by atoms with E-state index in [-0.39, 0.29) is 11.9 Å². The molecule has 1 atom stereocenters. The number of hydrogen-bond acceptors (Lipinski definition) is 2. The van der Waals surface area contributed by atoms with Crippen molar-refractivity contribution in [3.8, 4) is 0 Å². The molecule has 0 amide bonds. The maximum atomic E-state index is 13.7. The Morgan fingerprint density at radius 1 is 1.35 bits per heavy atom. The summed E-state index contributed by atoms with van der Waals surface area (Å²) in [6.45, 7) is 5.81. The minimum atomic E-state index is -0.155. The van der Waals surface area contributed by atoms with Crippen molar-refractivity contribution >= 4 is 5.95 Å². The predicted molar refractivity (Wildman–Crippen MR) is 78.4 cm³/mol. The van der Waals surface area contributed by atoms with Crippen LogP contribution in [0.1, 0.15) is 48.7 Å². The third kappa shape index (κ3) is 2.55. The van der Waals surface area contributed by atoms with Gasteiger partial charge in [-0.1, -0.05) is 12.1 Å². The van der Waals surface area contributed by atoms with E-state index in [2.05, 4.69) is 21.1 Å². The Morgan fingerprint density at radius 2 is 2.10 bits per heavy atom. The van der Waals surface area contributed by atoms with Gasteiger partial charge in [0.05, 0.1) is 11.7 Å². The molecule has 0 aliphatic heterocycles. The molecule has 1 aliphatic carbocycles. The van der Waals surface area contributed by atoms with Crippen molar-refractivity contribution in [1.29, 1.82) is 0 Å². The number of anilines is 1. The van der Waals surface area contributed by atoms with E-state index in [0.717, 1.165) is 17.2 Å². The van der Waals surface area contributed by atoms with E-state index in [1.165, 1.54) is 12.8 Å². The Hall–Kier alpha value is -1.84. The van der Waals surface area contributed by atoms with Crippen LogP contribution in [0.5, 0.6) is 0 Å². The van der Waals surface area contributed by atoms with Gasteiger partial charge < -0.3 is 9.88 Å².